The molecule has 0 aliphatic rings. The lowest BCUT2D eigenvalue weighted by atomic mass is 10.0. The third-order valence-electron chi connectivity index (χ3n) is 7.60. The Labute approximate surface area is 261 Å². The average Bonchev–Trinajstić information content (AvgIpc) is 3.03. The lowest BCUT2D eigenvalue weighted by Gasteiger charge is -2.34. The molecule has 0 fully saturated rings. The van der Waals surface area contributed by atoms with Gasteiger partial charge in [0.15, 0.2) is 0 Å². The van der Waals surface area contributed by atoms with Crippen LogP contribution in [0.2, 0.25) is 0 Å². The highest BCUT2D eigenvalue weighted by Gasteiger charge is 2.34. The third-order valence-corrected chi connectivity index (χ3v) is 9.39. The van der Waals surface area contributed by atoms with Gasteiger partial charge in [0.25, 0.3) is 10.0 Å². The van der Waals surface area contributed by atoms with Crippen LogP contribution >= 0.6 is 0 Å². The van der Waals surface area contributed by atoms with Crippen molar-refractivity contribution in [3.63, 3.8) is 0 Å². The second-order valence-electron chi connectivity index (χ2n) is 11.0. The maximum atomic E-state index is 14.5. The minimum absolute atomic E-state index is 0.0814. The molecule has 4 rings (SSSR count). The van der Waals surface area contributed by atoms with Gasteiger partial charge < -0.3 is 10.2 Å². The number of carbonyl (C=O) groups is 2. The van der Waals surface area contributed by atoms with E-state index in [1.54, 1.807) is 41.3 Å². The van der Waals surface area contributed by atoms with Gasteiger partial charge in [0.2, 0.25) is 11.8 Å². The van der Waals surface area contributed by atoms with Crippen LogP contribution in [0, 0.1) is 13.8 Å². The van der Waals surface area contributed by atoms with Crippen molar-refractivity contribution in [1.82, 2.24) is 10.2 Å². The molecule has 0 bridgehead atoms. The number of rotatable bonds is 14. The van der Waals surface area contributed by atoms with Gasteiger partial charge in [-0.25, -0.2) is 8.42 Å². The van der Waals surface area contributed by atoms with Crippen LogP contribution in [-0.2, 0) is 32.6 Å². The van der Waals surface area contributed by atoms with Gasteiger partial charge in [-0.1, -0.05) is 98.3 Å². The molecule has 1 atom stereocenters. The van der Waals surface area contributed by atoms with Crippen molar-refractivity contribution >= 4 is 27.5 Å². The number of hydrogen-bond acceptors (Lipinski definition) is 4. The first-order valence-corrected chi connectivity index (χ1v) is 16.4. The first kappa shape index (κ1) is 32.5. The van der Waals surface area contributed by atoms with Crippen LogP contribution in [0.25, 0.3) is 0 Å². The Morgan fingerprint density at radius 1 is 0.818 bits per heavy atom. The SMILES string of the molecule is CCCCNC(=O)[C@@H](Cc1ccccc1)N(Cc1ccccc1C)C(=O)CN(c1cccc(C)c1)S(=O)(=O)c1ccccc1. The highest BCUT2D eigenvalue weighted by atomic mass is 32.2. The van der Waals surface area contributed by atoms with E-state index < -0.39 is 28.5 Å². The standard InChI is InChI=1S/C36H41N3O4S/c1-4-5-23-37-36(41)34(25-30-17-8-6-9-18-30)38(26-31-19-13-12-16-29(31)3)35(40)27-39(32-20-14-15-28(2)24-32)44(42,43)33-21-10-7-11-22-33/h6-22,24,34H,4-5,23,25-27H2,1-3H3,(H,37,41)/t34-/m1/s1. The van der Waals surface area contributed by atoms with E-state index in [-0.39, 0.29) is 23.8 Å². The maximum absolute atomic E-state index is 14.5. The highest BCUT2D eigenvalue weighted by molar-refractivity contribution is 7.92. The Kier molecular flexibility index (Phi) is 11.3. The van der Waals surface area contributed by atoms with Crippen LogP contribution in [-0.4, -0.2) is 44.3 Å². The molecule has 44 heavy (non-hydrogen) atoms. The molecule has 0 saturated carbocycles. The van der Waals surface area contributed by atoms with Gasteiger partial charge in [0.1, 0.15) is 12.6 Å². The summed E-state index contributed by atoms with van der Waals surface area (Å²) in [5.74, 6) is -0.738. The third kappa shape index (κ3) is 8.35. The van der Waals surface area contributed by atoms with E-state index in [0.29, 0.717) is 12.2 Å². The molecular formula is C36H41N3O4S. The second-order valence-corrected chi connectivity index (χ2v) is 12.8. The number of nitrogens with one attached hydrogen (secondary N) is 1. The Bertz CT molecular complexity index is 1640. The number of anilines is 1. The smallest absolute Gasteiger partial charge is 0.264 e. The lowest BCUT2D eigenvalue weighted by molar-refractivity contribution is -0.140. The van der Waals surface area contributed by atoms with E-state index in [0.717, 1.165) is 39.4 Å². The molecule has 230 valence electrons. The summed E-state index contributed by atoms with van der Waals surface area (Å²) in [4.78, 5) is 30.0. The zero-order chi connectivity index (χ0) is 31.5. The van der Waals surface area contributed by atoms with E-state index >= 15 is 0 Å². The second kappa shape index (κ2) is 15.3. The molecule has 1 N–H and O–H groups in total. The van der Waals surface area contributed by atoms with E-state index in [4.69, 9.17) is 0 Å². The summed E-state index contributed by atoms with van der Waals surface area (Å²) in [6.07, 6.45) is 2.01. The zero-order valence-electron chi connectivity index (χ0n) is 25.6. The monoisotopic (exact) mass is 611 g/mol. The largest absolute Gasteiger partial charge is 0.354 e. The summed E-state index contributed by atoms with van der Waals surface area (Å²) >= 11 is 0. The average molecular weight is 612 g/mol. The molecule has 4 aromatic carbocycles. The van der Waals surface area contributed by atoms with Gasteiger partial charge in [0, 0.05) is 19.5 Å². The van der Waals surface area contributed by atoms with E-state index in [2.05, 4.69) is 12.2 Å². The van der Waals surface area contributed by atoms with Gasteiger partial charge in [-0.3, -0.25) is 13.9 Å². The van der Waals surface area contributed by atoms with Crippen LogP contribution in [0.1, 0.15) is 42.0 Å². The fourth-order valence-corrected chi connectivity index (χ4v) is 6.49. The van der Waals surface area contributed by atoms with Gasteiger partial charge in [-0.05, 0) is 66.8 Å². The summed E-state index contributed by atoms with van der Waals surface area (Å²) in [6.45, 7) is 6.06. The number of benzene rings is 4. The molecule has 0 heterocycles. The van der Waals surface area contributed by atoms with Crippen molar-refractivity contribution in [2.75, 3.05) is 17.4 Å². The minimum atomic E-state index is -4.12. The van der Waals surface area contributed by atoms with Crippen molar-refractivity contribution in [3.05, 3.63) is 131 Å². The molecule has 7 nitrogen and oxygen atoms in total. The van der Waals surface area contributed by atoms with Crippen LogP contribution in [0.3, 0.4) is 0 Å². The van der Waals surface area contributed by atoms with Crippen LogP contribution in [0.15, 0.2) is 114 Å². The fourth-order valence-electron chi connectivity index (χ4n) is 5.06. The van der Waals surface area contributed by atoms with Crippen molar-refractivity contribution in [2.24, 2.45) is 0 Å². The van der Waals surface area contributed by atoms with Crippen LogP contribution in [0.5, 0.6) is 0 Å². The van der Waals surface area contributed by atoms with Gasteiger partial charge >= 0.3 is 0 Å². The van der Waals surface area contributed by atoms with E-state index in [9.17, 15) is 18.0 Å². The molecule has 0 aliphatic carbocycles. The Hall–Kier alpha value is -4.43. The molecule has 8 heteroatoms. The number of unbranched alkanes of at least 4 members (excludes halogenated alkanes) is 1. The summed E-state index contributed by atoms with van der Waals surface area (Å²) in [6, 6.07) is 31.6. The topological polar surface area (TPSA) is 86.8 Å². The summed E-state index contributed by atoms with van der Waals surface area (Å²) in [5.41, 5.74) is 4.00. The Morgan fingerprint density at radius 2 is 1.48 bits per heavy atom. The quantitative estimate of drug-likeness (QED) is 0.176. The zero-order valence-corrected chi connectivity index (χ0v) is 26.5. The Balaban J connectivity index is 1.79. The number of nitrogens with zero attached hydrogens (tertiary/aromatic N) is 2. The predicted octanol–water partition coefficient (Wildman–Crippen LogP) is 6.06. The molecule has 0 aromatic heterocycles. The van der Waals surface area contributed by atoms with E-state index in [1.165, 1.54) is 12.1 Å². The van der Waals surface area contributed by atoms with Crippen molar-refractivity contribution in [1.29, 1.82) is 0 Å². The van der Waals surface area contributed by atoms with Gasteiger partial charge in [-0.2, -0.15) is 0 Å². The van der Waals surface area contributed by atoms with E-state index in [1.807, 2.05) is 74.5 Å². The number of hydrogen-bond donors (Lipinski definition) is 1. The van der Waals surface area contributed by atoms with Gasteiger partial charge in [0.05, 0.1) is 10.6 Å². The Morgan fingerprint density at radius 3 is 2.14 bits per heavy atom. The first-order valence-electron chi connectivity index (χ1n) is 15.0. The molecule has 2 amide bonds. The molecule has 4 aromatic rings. The van der Waals surface area contributed by atoms with Crippen molar-refractivity contribution in [2.45, 2.75) is 57.5 Å². The lowest BCUT2D eigenvalue weighted by Crippen LogP contribution is -2.53. The molecule has 0 spiro atoms. The molecule has 0 aliphatic heterocycles. The molecule has 0 saturated heterocycles. The highest BCUT2D eigenvalue weighted by Crippen LogP contribution is 2.26. The van der Waals surface area contributed by atoms with Crippen LogP contribution in [0.4, 0.5) is 5.69 Å². The predicted molar refractivity (Wildman–Crippen MR) is 176 cm³/mol. The number of amides is 2. The minimum Gasteiger partial charge on any atom is -0.354 e. The molecule has 0 unspecified atom stereocenters. The first-order chi connectivity index (χ1) is 21.2. The number of sulfonamides is 1. The normalized spacial score (nSPS) is 11.9. The maximum Gasteiger partial charge on any atom is 0.264 e. The fraction of sp³-hybridized carbons (Fsp3) is 0.278. The summed E-state index contributed by atoms with van der Waals surface area (Å²) in [5, 5.41) is 3.02. The van der Waals surface area contributed by atoms with Crippen LogP contribution < -0.4 is 9.62 Å². The summed E-state index contributed by atoms with van der Waals surface area (Å²) in [7, 11) is -4.12. The summed E-state index contributed by atoms with van der Waals surface area (Å²) < 4.78 is 29.3. The number of carbonyl (C=O) groups excluding carboxylic acids is 2. The molecule has 0 radical (unpaired) electrons. The molecular weight excluding hydrogens is 570 g/mol. The van der Waals surface area contributed by atoms with Gasteiger partial charge in [-0.15, -0.1) is 0 Å². The van der Waals surface area contributed by atoms with Crippen molar-refractivity contribution in [3.8, 4) is 0 Å². The van der Waals surface area contributed by atoms with Crippen molar-refractivity contribution < 1.29 is 18.0 Å². The number of aryl methyl sites for hydroxylation is 2.